The lowest BCUT2D eigenvalue weighted by Gasteiger charge is -2.14. The van der Waals surface area contributed by atoms with Crippen LogP contribution in [0, 0.1) is 0 Å². The highest BCUT2D eigenvalue weighted by atomic mass is 32.2. The van der Waals surface area contributed by atoms with Gasteiger partial charge in [0.1, 0.15) is 0 Å². The third-order valence-electron chi connectivity index (χ3n) is 4.22. The van der Waals surface area contributed by atoms with Crippen molar-refractivity contribution < 1.29 is 9.59 Å². The summed E-state index contributed by atoms with van der Waals surface area (Å²) in [5.74, 6) is 0.538. The Morgan fingerprint density at radius 1 is 1.18 bits per heavy atom. The van der Waals surface area contributed by atoms with E-state index in [1.807, 2.05) is 30.7 Å². The number of pyridine rings is 1. The number of rotatable bonds is 7. The molecule has 0 fully saturated rings. The van der Waals surface area contributed by atoms with Gasteiger partial charge in [-0.05, 0) is 37.6 Å². The lowest BCUT2D eigenvalue weighted by atomic mass is 10.1. The molecule has 2 aromatic heterocycles. The third-order valence-corrected chi connectivity index (χ3v) is 5.62. The molecule has 1 atom stereocenters. The van der Waals surface area contributed by atoms with Gasteiger partial charge in [-0.1, -0.05) is 30.8 Å². The van der Waals surface area contributed by atoms with Crippen molar-refractivity contribution in [2.45, 2.75) is 30.7 Å². The molecule has 1 amide bonds. The summed E-state index contributed by atoms with van der Waals surface area (Å²) in [6.45, 7) is 3.45. The van der Waals surface area contributed by atoms with Crippen LogP contribution in [-0.2, 0) is 11.8 Å². The Morgan fingerprint density at radius 3 is 2.61 bits per heavy atom. The molecule has 3 aromatic rings. The van der Waals surface area contributed by atoms with E-state index in [1.165, 1.54) is 18.7 Å². The van der Waals surface area contributed by atoms with Gasteiger partial charge in [-0.3, -0.25) is 14.6 Å². The van der Waals surface area contributed by atoms with E-state index in [2.05, 4.69) is 20.5 Å². The van der Waals surface area contributed by atoms with E-state index in [0.717, 1.165) is 5.56 Å². The van der Waals surface area contributed by atoms with Gasteiger partial charge in [-0.25, -0.2) is 0 Å². The zero-order valence-corrected chi connectivity index (χ0v) is 16.7. The number of carbonyl (C=O) groups is 2. The lowest BCUT2D eigenvalue weighted by molar-refractivity contribution is -0.115. The molecule has 0 saturated carbocycles. The zero-order chi connectivity index (χ0) is 20.1. The minimum absolute atomic E-state index is 0.0414. The summed E-state index contributed by atoms with van der Waals surface area (Å²) in [6.07, 6.45) is 4.03. The van der Waals surface area contributed by atoms with Gasteiger partial charge in [0.15, 0.2) is 16.8 Å². The van der Waals surface area contributed by atoms with E-state index in [-0.39, 0.29) is 16.9 Å². The number of aromatic nitrogens is 4. The van der Waals surface area contributed by atoms with Crippen LogP contribution in [0.3, 0.4) is 0 Å². The minimum Gasteiger partial charge on any atom is -0.325 e. The number of hydrogen-bond donors (Lipinski definition) is 1. The summed E-state index contributed by atoms with van der Waals surface area (Å²) < 4.78 is 1.87. The van der Waals surface area contributed by atoms with E-state index in [9.17, 15) is 9.59 Å². The summed E-state index contributed by atoms with van der Waals surface area (Å²) >= 11 is 1.36. The van der Waals surface area contributed by atoms with E-state index in [0.29, 0.717) is 28.7 Å². The van der Waals surface area contributed by atoms with Crippen LogP contribution in [0.4, 0.5) is 5.69 Å². The Balaban J connectivity index is 1.74. The second kappa shape index (κ2) is 8.79. The Bertz CT molecular complexity index is 987. The van der Waals surface area contributed by atoms with Crippen LogP contribution in [0.25, 0.3) is 11.4 Å². The lowest BCUT2D eigenvalue weighted by Crippen LogP contribution is -2.25. The molecule has 8 heteroatoms. The second-order valence-electron chi connectivity index (χ2n) is 6.24. The van der Waals surface area contributed by atoms with Gasteiger partial charge in [0.05, 0.1) is 5.25 Å². The van der Waals surface area contributed by atoms with E-state index in [4.69, 9.17) is 0 Å². The highest BCUT2D eigenvalue weighted by Crippen LogP contribution is 2.28. The van der Waals surface area contributed by atoms with E-state index < -0.39 is 0 Å². The summed E-state index contributed by atoms with van der Waals surface area (Å²) in [7, 11) is 1.87. The molecule has 3 rings (SSSR count). The summed E-state index contributed by atoms with van der Waals surface area (Å²) in [5, 5.41) is 11.7. The van der Waals surface area contributed by atoms with Gasteiger partial charge < -0.3 is 9.88 Å². The van der Waals surface area contributed by atoms with Crippen molar-refractivity contribution in [2.24, 2.45) is 7.05 Å². The van der Waals surface area contributed by atoms with Crippen molar-refractivity contribution in [3.8, 4) is 11.4 Å². The molecule has 7 nitrogen and oxygen atoms in total. The standard InChI is InChI=1S/C20H21N5O2S/c1-4-17(19(27)22-16-7-5-6-15(12-16)13(2)26)28-20-24-23-18(25(20)3)14-8-10-21-11-9-14/h5-12,17H,4H2,1-3H3,(H,22,27). The molecular formula is C20H21N5O2S. The fraction of sp³-hybridized carbons (Fsp3) is 0.250. The van der Waals surface area contributed by atoms with Gasteiger partial charge >= 0.3 is 0 Å². The number of nitrogens with zero attached hydrogens (tertiary/aromatic N) is 4. The molecule has 0 saturated heterocycles. The molecule has 0 bridgehead atoms. The molecule has 1 unspecified atom stereocenters. The number of anilines is 1. The molecule has 144 valence electrons. The topological polar surface area (TPSA) is 89.8 Å². The number of amides is 1. The second-order valence-corrected chi connectivity index (χ2v) is 7.41. The van der Waals surface area contributed by atoms with Gasteiger partial charge in [0, 0.05) is 36.3 Å². The first kappa shape index (κ1) is 19.8. The van der Waals surface area contributed by atoms with Crippen LogP contribution in [0.1, 0.15) is 30.6 Å². The first-order chi connectivity index (χ1) is 13.5. The Morgan fingerprint density at radius 2 is 1.93 bits per heavy atom. The van der Waals surface area contributed by atoms with Gasteiger partial charge in [0.2, 0.25) is 5.91 Å². The number of nitrogens with one attached hydrogen (secondary N) is 1. The number of carbonyl (C=O) groups excluding carboxylic acids is 2. The number of thioether (sulfide) groups is 1. The number of hydrogen-bond acceptors (Lipinski definition) is 6. The fourth-order valence-electron chi connectivity index (χ4n) is 2.66. The van der Waals surface area contributed by atoms with Crippen LogP contribution >= 0.6 is 11.8 Å². The first-order valence-corrected chi connectivity index (χ1v) is 9.76. The van der Waals surface area contributed by atoms with Crippen molar-refractivity contribution in [3.63, 3.8) is 0 Å². The van der Waals surface area contributed by atoms with Crippen molar-refractivity contribution in [1.29, 1.82) is 0 Å². The summed E-state index contributed by atoms with van der Waals surface area (Å²) in [5.41, 5.74) is 2.08. The van der Waals surface area contributed by atoms with Crippen LogP contribution in [0.5, 0.6) is 0 Å². The molecule has 28 heavy (non-hydrogen) atoms. The molecule has 0 aliphatic heterocycles. The fourth-order valence-corrected chi connectivity index (χ4v) is 3.58. The SMILES string of the molecule is CCC(Sc1nnc(-c2ccncc2)n1C)C(=O)Nc1cccc(C(C)=O)c1. The highest BCUT2D eigenvalue weighted by molar-refractivity contribution is 8.00. The maximum Gasteiger partial charge on any atom is 0.237 e. The smallest absolute Gasteiger partial charge is 0.237 e. The van der Waals surface area contributed by atoms with Crippen LogP contribution < -0.4 is 5.32 Å². The van der Waals surface area contributed by atoms with E-state index in [1.54, 1.807) is 36.7 Å². The predicted molar refractivity (Wildman–Crippen MR) is 109 cm³/mol. The van der Waals surface area contributed by atoms with Crippen LogP contribution in [0.2, 0.25) is 0 Å². The summed E-state index contributed by atoms with van der Waals surface area (Å²) in [6, 6.07) is 10.7. The van der Waals surface area contributed by atoms with Crippen molar-refractivity contribution >= 4 is 29.1 Å². The molecule has 1 N–H and O–H groups in total. The number of ketones is 1. The quantitative estimate of drug-likeness (QED) is 0.486. The maximum atomic E-state index is 12.7. The molecule has 0 radical (unpaired) electrons. The average Bonchev–Trinajstić information content (AvgIpc) is 3.07. The number of benzene rings is 1. The van der Waals surface area contributed by atoms with E-state index >= 15 is 0 Å². The molecule has 0 aliphatic carbocycles. The third kappa shape index (κ3) is 4.45. The van der Waals surface area contributed by atoms with Crippen LogP contribution in [0.15, 0.2) is 53.9 Å². The Labute approximate surface area is 167 Å². The molecular weight excluding hydrogens is 374 g/mol. The minimum atomic E-state index is -0.339. The molecule has 1 aromatic carbocycles. The Kier molecular flexibility index (Phi) is 6.20. The predicted octanol–water partition coefficient (Wildman–Crippen LogP) is 3.59. The van der Waals surface area contributed by atoms with Gasteiger partial charge in [-0.15, -0.1) is 10.2 Å². The normalized spacial score (nSPS) is 11.8. The maximum absolute atomic E-state index is 12.7. The monoisotopic (exact) mass is 395 g/mol. The van der Waals surface area contributed by atoms with Crippen LogP contribution in [-0.4, -0.2) is 36.7 Å². The first-order valence-electron chi connectivity index (χ1n) is 8.88. The van der Waals surface area contributed by atoms with Crippen molar-refractivity contribution in [2.75, 3.05) is 5.32 Å². The zero-order valence-electron chi connectivity index (χ0n) is 15.9. The molecule has 2 heterocycles. The molecule has 0 aliphatic rings. The van der Waals surface area contributed by atoms with Crippen molar-refractivity contribution in [1.82, 2.24) is 19.7 Å². The van der Waals surface area contributed by atoms with Gasteiger partial charge in [0.25, 0.3) is 0 Å². The average molecular weight is 395 g/mol. The highest BCUT2D eigenvalue weighted by Gasteiger charge is 2.22. The Hall–Kier alpha value is -3.00. The van der Waals surface area contributed by atoms with Gasteiger partial charge in [-0.2, -0.15) is 0 Å². The summed E-state index contributed by atoms with van der Waals surface area (Å²) in [4.78, 5) is 28.3. The number of Topliss-reactive ketones (excluding diaryl/α,β-unsaturated/α-hetero) is 1. The largest absolute Gasteiger partial charge is 0.325 e. The molecule has 0 spiro atoms. The van der Waals surface area contributed by atoms with Crippen molar-refractivity contribution in [3.05, 3.63) is 54.4 Å².